The molecule has 0 aliphatic rings. The Hall–Kier alpha value is -2.60. The molecule has 0 unspecified atom stereocenters. The highest BCUT2D eigenvalue weighted by Gasteiger charge is 2.13. The topological polar surface area (TPSA) is 68.0 Å². The van der Waals surface area contributed by atoms with E-state index in [1.54, 1.807) is 0 Å². The van der Waals surface area contributed by atoms with Gasteiger partial charge in [0.1, 0.15) is 0 Å². The Morgan fingerprint density at radius 2 is 1.77 bits per heavy atom. The molecule has 0 saturated carbocycles. The molecular weight excluding hydrogens is 346 g/mol. The second kappa shape index (κ2) is 7.74. The monoisotopic (exact) mass is 367 g/mol. The first-order valence-electron chi connectivity index (χ1n) is 8.33. The Balaban J connectivity index is 1.62. The van der Waals surface area contributed by atoms with Crippen molar-refractivity contribution in [3.8, 4) is 11.5 Å². The largest absolute Gasteiger partial charge is 0.411 e. The van der Waals surface area contributed by atoms with E-state index in [0.717, 1.165) is 27.9 Å². The molecule has 2 aromatic carbocycles. The number of anilines is 1. The molecular formula is C20H21N3O2S. The van der Waals surface area contributed by atoms with Gasteiger partial charge in [0.25, 0.3) is 5.22 Å². The van der Waals surface area contributed by atoms with Gasteiger partial charge in [0.05, 0.1) is 5.75 Å². The minimum atomic E-state index is -0.0969. The maximum atomic E-state index is 12.3. The van der Waals surface area contributed by atoms with Gasteiger partial charge in [0, 0.05) is 11.3 Å². The van der Waals surface area contributed by atoms with Crippen LogP contribution in [0.4, 0.5) is 5.69 Å². The molecule has 0 aliphatic heterocycles. The van der Waals surface area contributed by atoms with E-state index in [-0.39, 0.29) is 11.7 Å². The summed E-state index contributed by atoms with van der Waals surface area (Å²) >= 11 is 1.23. The van der Waals surface area contributed by atoms with E-state index in [1.165, 1.54) is 17.3 Å². The van der Waals surface area contributed by atoms with Crippen molar-refractivity contribution in [2.75, 3.05) is 11.1 Å². The summed E-state index contributed by atoms with van der Waals surface area (Å²) in [7, 11) is 0. The SMILES string of the molecule is Cc1cccc(-c2nnc(SCC(=O)Nc3c(C)cc(C)cc3C)o2)c1. The molecule has 6 heteroatoms. The van der Waals surface area contributed by atoms with Crippen LogP contribution in [0.1, 0.15) is 22.3 Å². The van der Waals surface area contributed by atoms with Crippen molar-refractivity contribution in [1.82, 2.24) is 10.2 Å². The molecule has 0 bridgehead atoms. The first-order valence-corrected chi connectivity index (χ1v) is 9.32. The predicted octanol–water partition coefficient (Wildman–Crippen LogP) is 4.70. The number of hydrogen-bond acceptors (Lipinski definition) is 5. The quantitative estimate of drug-likeness (QED) is 0.662. The number of rotatable bonds is 5. The summed E-state index contributed by atoms with van der Waals surface area (Å²) in [5.41, 5.74) is 6.16. The number of hydrogen-bond donors (Lipinski definition) is 1. The van der Waals surface area contributed by atoms with Gasteiger partial charge < -0.3 is 9.73 Å². The highest BCUT2D eigenvalue weighted by Crippen LogP contribution is 2.25. The minimum absolute atomic E-state index is 0.0969. The maximum Gasteiger partial charge on any atom is 0.277 e. The van der Waals surface area contributed by atoms with E-state index in [4.69, 9.17) is 4.42 Å². The lowest BCUT2D eigenvalue weighted by Gasteiger charge is -2.12. The minimum Gasteiger partial charge on any atom is -0.411 e. The lowest BCUT2D eigenvalue weighted by molar-refractivity contribution is -0.113. The van der Waals surface area contributed by atoms with Gasteiger partial charge in [-0.3, -0.25) is 4.79 Å². The Labute approximate surface area is 157 Å². The van der Waals surface area contributed by atoms with Crippen LogP contribution in [0.5, 0.6) is 0 Å². The molecule has 1 heterocycles. The number of aromatic nitrogens is 2. The van der Waals surface area contributed by atoms with E-state index in [0.29, 0.717) is 11.1 Å². The Morgan fingerprint density at radius 3 is 2.46 bits per heavy atom. The van der Waals surface area contributed by atoms with Crippen molar-refractivity contribution in [3.63, 3.8) is 0 Å². The van der Waals surface area contributed by atoms with Gasteiger partial charge in [0.15, 0.2) is 0 Å². The fourth-order valence-corrected chi connectivity index (χ4v) is 3.41. The van der Waals surface area contributed by atoms with Crippen molar-refractivity contribution in [2.45, 2.75) is 32.9 Å². The molecule has 0 saturated heterocycles. The third-order valence-corrected chi connectivity index (χ3v) is 4.76. The first-order chi connectivity index (χ1) is 12.4. The number of aryl methyl sites for hydroxylation is 4. The standard InChI is InChI=1S/C20H21N3O2S/c1-12-6-5-7-16(10-12)19-22-23-20(25-19)26-11-17(24)21-18-14(3)8-13(2)9-15(18)4/h5-10H,11H2,1-4H3,(H,21,24). The van der Waals surface area contributed by atoms with Gasteiger partial charge >= 0.3 is 0 Å². The second-order valence-electron chi connectivity index (χ2n) is 6.35. The number of benzene rings is 2. The molecule has 1 N–H and O–H groups in total. The third kappa shape index (κ3) is 4.32. The molecule has 0 radical (unpaired) electrons. The van der Waals surface area contributed by atoms with Crippen LogP contribution in [0.15, 0.2) is 46.0 Å². The first kappa shape index (κ1) is 18.2. The molecule has 1 aromatic heterocycles. The van der Waals surface area contributed by atoms with Crippen LogP contribution < -0.4 is 5.32 Å². The number of carbonyl (C=O) groups excluding carboxylic acids is 1. The summed E-state index contributed by atoms with van der Waals surface area (Å²) in [5.74, 6) is 0.574. The Kier molecular flexibility index (Phi) is 5.42. The zero-order valence-corrected chi connectivity index (χ0v) is 16.1. The highest BCUT2D eigenvalue weighted by atomic mass is 32.2. The second-order valence-corrected chi connectivity index (χ2v) is 7.28. The lowest BCUT2D eigenvalue weighted by Crippen LogP contribution is -2.15. The van der Waals surface area contributed by atoms with Crippen LogP contribution >= 0.6 is 11.8 Å². The van der Waals surface area contributed by atoms with Crippen LogP contribution in [0.2, 0.25) is 0 Å². The van der Waals surface area contributed by atoms with Crippen molar-refractivity contribution in [1.29, 1.82) is 0 Å². The maximum absolute atomic E-state index is 12.3. The van der Waals surface area contributed by atoms with Crippen molar-refractivity contribution in [3.05, 3.63) is 58.7 Å². The molecule has 0 fully saturated rings. The lowest BCUT2D eigenvalue weighted by atomic mass is 10.1. The normalized spacial score (nSPS) is 10.8. The zero-order valence-electron chi connectivity index (χ0n) is 15.3. The molecule has 5 nitrogen and oxygen atoms in total. The van der Waals surface area contributed by atoms with Gasteiger partial charge in [-0.2, -0.15) is 0 Å². The summed E-state index contributed by atoms with van der Waals surface area (Å²) in [6.07, 6.45) is 0. The number of nitrogens with zero attached hydrogens (tertiary/aromatic N) is 2. The predicted molar refractivity (Wildman–Crippen MR) is 104 cm³/mol. The molecule has 26 heavy (non-hydrogen) atoms. The molecule has 0 aliphatic carbocycles. The average Bonchev–Trinajstić information content (AvgIpc) is 3.05. The van der Waals surface area contributed by atoms with E-state index >= 15 is 0 Å². The molecule has 3 rings (SSSR count). The number of amides is 1. The van der Waals surface area contributed by atoms with E-state index in [2.05, 4.69) is 27.6 Å². The van der Waals surface area contributed by atoms with Crippen LogP contribution in [0, 0.1) is 27.7 Å². The molecule has 1 amide bonds. The number of carbonyl (C=O) groups is 1. The van der Waals surface area contributed by atoms with E-state index < -0.39 is 0 Å². The number of thioether (sulfide) groups is 1. The van der Waals surface area contributed by atoms with Crippen LogP contribution in [-0.4, -0.2) is 21.9 Å². The summed E-state index contributed by atoms with van der Waals surface area (Å²) in [4.78, 5) is 12.3. The van der Waals surface area contributed by atoms with Crippen LogP contribution in [-0.2, 0) is 4.79 Å². The summed E-state index contributed by atoms with van der Waals surface area (Å²) in [6, 6.07) is 12.0. The van der Waals surface area contributed by atoms with Crippen molar-refractivity contribution in [2.24, 2.45) is 0 Å². The fourth-order valence-electron chi connectivity index (χ4n) is 2.84. The van der Waals surface area contributed by atoms with Crippen LogP contribution in [0.3, 0.4) is 0 Å². The van der Waals surface area contributed by atoms with Crippen LogP contribution in [0.25, 0.3) is 11.5 Å². The Bertz CT molecular complexity index is 927. The van der Waals surface area contributed by atoms with Gasteiger partial charge in [-0.1, -0.05) is 47.2 Å². The van der Waals surface area contributed by atoms with Gasteiger partial charge in [0.2, 0.25) is 11.8 Å². The molecule has 0 atom stereocenters. The van der Waals surface area contributed by atoms with E-state index in [9.17, 15) is 4.79 Å². The molecule has 0 spiro atoms. The number of nitrogens with one attached hydrogen (secondary N) is 1. The van der Waals surface area contributed by atoms with Gasteiger partial charge in [-0.05, 0) is 51.0 Å². The zero-order chi connectivity index (χ0) is 18.7. The highest BCUT2D eigenvalue weighted by molar-refractivity contribution is 7.99. The summed E-state index contributed by atoms with van der Waals surface area (Å²) < 4.78 is 5.65. The van der Waals surface area contributed by atoms with Crippen molar-refractivity contribution < 1.29 is 9.21 Å². The molecule has 134 valence electrons. The van der Waals surface area contributed by atoms with Gasteiger partial charge in [-0.25, -0.2) is 0 Å². The smallest absolute Gasteiger partial charge is 0.277 e. The average molecular weight is 367 g/mol. The van der Waals surface area contributed by atoms with Gasteiger partial charge in [-0.15, -0.1) is 10.2 Å². The van der Waals surface area contributed by atoms with E-state index in [1.807, 2.05) is 52.0 Å². The third-order valence-electron chi connectivity index (χ3n) is 3.94. The Morgan fingerprint density at radius 1 is 1.04 bits per heavy atom. The summed E-state index contributed by atoms with van der Waals surface area (Å²) in [6.45, 7) is 8.04. The summed E-state index contributed by atoms with van der Waals surface area (Å²) in [5, 5.41) is 11.4. The fraction of sp³-hybridized carbons (Fsp3) is 0.250. The van der Waals surface area contributed by atoms with Crippen molar-refractivity contribution >= 4 is 23.4 Å². The molecule has 3 aromatic rings.